The SMILES string of the molecule is C.CCCc1c(-c2ccccc2)[nH]n(-c2ccccn2)c1=O.CCCc1c(-c2ccccc2)[nH]n(-c2ccccn2)c1=O. The monoisotopic (exact) mass is 574 g/mol. The molecule has 4 heterocycles. The predicted molar refractivity (Wildman–Crippen MR) is 174 cm³/mol. The number of pyridine rings is 2. The molecular formula is C35H38N6O2. The van der Waals surface area contributed by atoms with Gasteiger partial charge in [-0.05, 0) is 48.2 Å². The first-order valence-electron chi connectivity index (χ1n) is 14.2. The van der Waals surface area contributed by atoms with Crippen molar-refractivity contribution in [1.82, 2.24) is 29.5 Å². The fraction of sp³-hybridized carbons (Fsp3) is 0.200. The van der Waals surface area contributed by atoms with Crippen LogP contribution in [0.25, 0.3) is 34.2 Å². The molecule has 6 rings (SSSR count). The standard InChI is InChI=1S/2C17H17N3O.CH4/c2*1-2-8-14-16(13-9-4-3-5-10-13)19-20(17(14)21)15-11-6-7-12-18-15;/h2*3-7,9-12,19H,2,8H2,1H3;1H4. The predicted octanol–water partition coefficient (Wildman–Crippen LogP) is 7.00. The lowest BCUT2D eigenvalue weighted by Crippen LogP contribution is -2.18. The lowest BCUT2D eigenvalue weighted by molar-refractivity contribution is 0.814. The van der Waals surface area contributed by atoms with Crippen LogP contribution in [0.2, 0.25) is 0 Å². The molecule has 0 saturated heterocycles. The van der Waals surface area contributed by atoms with Crippen molar-refractivity contribution in [2.75, 3.05) is 0 Å². The van der Waals surface area contributed by atoms with Gasteiger partial charge in [0.1, 0.15) is 0 Å². The van der Waals surface area contributed by atoms with Crippen molar-refractivity contribution >= 4 is 0 Å². The Morgan fingerprint density at radius 2 is 0.930 bits per heavy atom. The minimum Gasteiger partial charge on any atom is -0.289 e. The number of nitrogens with zero attached hydrogens (tertiary/aromatic N) is 4. The number of rotatable bonds is 8. The van der Waals surface area contributed by atoms with E-state index in [1.165, 1.54) is 9.36 Å². The van der Waals surface area contributed by atoms with Crippen molar-refractivity contribution in [2.45, 2.75) is 47.0 Å². The summed E-state index contributed by atoms with van der Waals surface area (Å²) in [5.41, 5.74) is 5.40. The van der Waals surface area contributed by atoms with Gasteiger partial charge in [-0.1, -0.05) is 107 Å². The maximum absolute atomic E-state index is 12.6. The number of aromatic nitrogens is 6. The van der Waals surface area contributed by atoms with Crippen LogP contribution in [-0.2, 0) is 12.8 Å². The average molecular weight is 575 g/mol. The Balaban J connectivity index is 0.000000192. The summed E-state index contributed by atoms with van der Waals surface area (Å²) in [6.45, 7) is 4.15. The molecule has 0 fully saturated rings. The van der Waals surface area contributed by atoms with Crippen LogP contribution in [0.3, 0.4) is 0 Å². The van der Waals surface area contributed by atoms with E-state index in [1.54, 1.807) is 12.4 Å². The van der Waals surface area contributed by atoms with Crippen molar-refractivity contribution in [3.63, 3.8) is 0 Å². The fourth-order valence-electron chi connectivity index (χ4n) is 4.89. The maximum Gasteiger partial charge on any atom is 0.276 e. The second-order valence-corrected chi connectivity index (χ2v) is 9.82. The summed E-state index contributed by atoms with van der Waals surface area (Å²) >= 11 is 0. The van der Waals surface area contributed by atoms with E-state index in [0.717, 1.165) is 59.3 Å². The van der Waals surface area contributed by atoms with Gasteiger partial charge in [-0.3, -0.25) is 19.8 Å². The highest BCUT2D eigenvalue weighted by atomic mass is 16.1. The molecule has 2 aromatic carbocycles. The lowest BCUT2D eigenvalue weighted by Gasteiger charge is -2.01. The Morgan fingerprint density at radius 3 is 1.26 bits per heavy atom. The summed E-state index contributed by atoms with van der Waals surface area (Å²) in [7, 11) is 0. The number of benzene rings is 2. The first-order valence-corrected chi connectivity index (χ1v) is 14.2. The van der Waals surface area contributed by atoms with Crippen molar-refractivity contribution in [1.29, 1.82) is 0 Å². The molecule has 6 aromatic rings. The van der Waals surface area contributed by atoms with E-state index in [0.29, 0.717) is 11.6 Å². The van der Waals surface area contributed by atoms with Gasteiger partial charge in [-0.2, -0.15) is 0 Å². The number of hydrogen-bond acceptors (Lipinski definition) is 4. The molecular weight excluding hydrogens is 536 g/mol. The molecule has 0 unspecified atom stereocenters. The largest absolute Gasteiger partial charge is 0.289 e. The van der Waals surface area contributed by atoms with E-state index in [2.05, 4.69) is 34.0 Å². The van der Waals surface area contributed by atoms with Crippen LogP contribution in [0.4, 0.5) is 0 Å². The van der Waals surface area contributed by atoms with E-state index in [1.807, 2.05) is 97.1 Å². The zero-order chi connectivity index (χ0) is 29.3. The first-order chi connectivity index (χ1) is 20.6. The van der Waals surface area contributed by atoms with Crippen LogP contribution in [0.1, 0.15) is 45.2 Å². The number of H-pyrrole nitrogens is 2. The molecule has 0 aliphatic carbocycles. The van der Waals surface area contributed by atoms with Crippen LogP contribution in [0.15, 0.2) is 119 Å². The third-order valence-electron chi connectivity index (χ3n) is 6.85. The van der Waals surface area contributed by atoms with Gasteiger partial charge in [0.25, 0.3) is 11.1 Å². The van der Waals surface area contributed by atoms with E-state index < -0.39 is 0 Å². The molecule has 0 radical (unpaired) electrons. The highest BCUT2D eigenvalue weighted by Crippen LogP contribution is 2.22. The molecule has 4 aromatic heterocycles. The lowest BCUT2D eigenvalue weighted by atomic mass is 10.1. The van der Waals surface area contributed by atoms with Gasteiger partial charge in [0, 0.05) is 23.5 Å². The Kier molecular flexibility index (Phi) is 10.4. The van der Waals surface area contributed by atoms with Crippen molar-refractivity contribution in [3.05, 3.63) is 141 Å². The zero-order valence-corrected chi connectivity index (χ0v) is 23.8. The van der Waals surface area contributed by atoms with Crippen LogP contribution in [0, 0.1) is 0 Å². The summed E-state index contributed by atoms with van der Waals surface area (Å²) < 4.78 is 3.04. The molecule has 0 atom stereocenters. The molecule has 2 N–H and O–H groups in total. The van der Waals surface area contributed by atoms with Crippen LogP contribution >= 0.6 is 0 Å². The van der Waals surface area contributed by atoms with Gasteiger partial charge >= 0.3 is 0 Å². The summed E-state index contributed by atoms with van der Waals surface area (Å²) in [5, 5.41) is 6.42. The molecule has 220 valence electrons. The molecule has 0 saturated carbocycles. The molecule has 8 heteroatoms. The quantitative estimate of drug-likeness (QED) is 0.204. The Bertz CT molecular complexity index is 1680. The average Bonchev–Trinajstić information content (AvgIpc) is 3.56. The topological polar surface area (TPSA) is 101 Å². The Hall–Kier alpha value is -5.24. The molecule has 8 nitrogen and oxygen atoms in total. The normalized spacial score (nSPS) is 10.5. The van der Waals surface area contributed by atoms with Crippen molar-refractivity contribution in [3.8, 4) is 34.2 Å². The Morgan fingerprint density at radius 1 is 0.558 bits per heavy atom. The second-order valence-electron chi connectivity index (χ2n) is 9.82. The third kappa shape index (κ3) is 6.81. The molecule has 0 aliphatic rings. The van der Waals surface area contributed by atoms with E-state index in [9.17, 15) is 9.59 Å². The van der Waals surface area contributed by atoms with Gasteiger partial charge in [-0.25, -0.2) is 19.3 Å². The second kappa shape index (κ2) is 14.6. The van der Waals surface area contributed by atoms with Crippen LogP contribution < -0.4 is 11.1 Å². The van der Waals surface area contributed by atoms with E-state index >= 15 is 0 Å². The summed E-state index contributed by atoms with van der Waals surface area (Å²) in [4.78, 5) is 33.8. The highest BCUT2D eigenvalue weighted by molar-refractivity contribution is 5.64. The molecule has 0 aliphatic heterocycles. The van der Waals surface area contributed by atoms with Crippen LogP contribution in [-0.4, -0.2) is 29.5 Å². The molecule has 0 amide bonds. The summed E-state index contributed by atoms with van der Waals surface area (Å²) in [6, 6.07) is 30.9. The summed E-state index contributed by atoms with van der Waals surface area (Å²) in [5.74, 6) is 1.23. The smallest absolute Gasteiger partial charge is 0.276 e. The Labute approximate surface area is 251 Å². The minimum absolute atomic E-state index is 0. The van der Waals surface area contributed by atoms with Gasteiger partial charge in [0.2, 0.25) is 0 Å². The maximum atomic E-state index is 12.6. The van der Waals surface area contributed by atoms with Gasteiger partial charge in [0.15, 0.2) is 11.6 Å². The zero-order valence-electron chi connectivity index (χ0n) is 23.8. The number of hydrogen-bond donors (Lipinski definition) is 2. The van der Waals surface area contributed by atoms with Crippen LogP contribution in [0.5, 0.6) is 0 Å². The number of nitrogens with one attached hydrogen (secondary N) is 2. The summed E-state index contributed by atoms with van der Waals surface area (Å²) in [6.07, 6.45) is 6.72. The van der Waals surface area contributed by atoms with E-state index in [4.69, 9.17) is 0 Å². The third-order valence-corrected chi connectivity index (χ3v) is 6.85. The van der Waals surface area contributed by atoms with Gasteiger partial charge in [-0.15, -0.1) is 0 Å². The molecule has 0 bridgehead atoms. The molecule has 0 spiro atoms. The van der Waals surface area contributed by atoms with E-state index in [-0.39, 0.29) is 18.5 Å². The fourth-order valence-corrected chi connectivity index (χ4v) is 4.89. The minimum atomic E-state index is -0.0191. The first kappa shape index (κ1) is 30.7. The highest BCUT2D eigenvalue weighted by Gasteiger charge is 2.17. The molecule has 43 heavy (non-hydrogen) atoms. The number of aromatic amines is 2. The van der Waals surface area contributed by atoms with Crippen molar-refractivity contribution in [2.24, 2.45) is 0 Å². The van der Waals surface area contributed by atoms with Gasteiger partial charge < -0.3 is 0 Å². The van der Waals surface area contributed by atoms with Gasteiger partial charge in [0.05, 0.1) is 11.4 Å². The van der Waals surface area contributed by atoms with Crippen molar-refractivity contribution < 1.29 is 0 Å².